The van der Waals surface area contributed by atoms with Gasteiger partial charge >= 0.3 is 12.3 Å². The van der Waals surface area contributed by atoms with Gasteiger partial charge in [0.1, 0.15) is 17.7 Å². The number of carbonyl (C=O) groups is 2. The van der Waals surface area contributed by atoms with E-state index in [1.807, 2.05) is 0 Å². The number of ketones is 1. The fourth-order valence-electron chi connectivity index (χ4n) is 4.94. The lowest BCUT2D eigenvalue weighted by Crippen LogP contribution is -2.54. The molecule has 11 nitrogen and oxygen atoms in total. The van der Waals surface area contributed by atoms with Gasteiger partial charge in [-0.05, 0) is 43.7 Å². The van der Waals surface area contributed by atoms with Crippen LogP contribution in [-0.2, 0) is 16.0 Å². The van der Waals surface area contributed by atoms with Gasteiger partial charge in [-0.1, -0.05) is 0 Å². The molecule has 4 heterocycles. The Morgan fingerprint density at radius 2 is 2.08 bits per heavy atom. The van der Waals surface area contributed by atoms with Gasteiger partial charge in [-0.25, -0.2) is 9.78 Å². The fraction of sp³-hybridized carbons (Fsp3) is 0.542. The zero-order valence-corrected chi connectivity index (χ0v) is 20.5. The summed E-state index contributed by atoms with van der Waals surface area (Å²) in [4.78, 5) is 46.5. The van der Waals surface area contributed by atoms with E-state index in [0.29, 0.717) is 25.0 Å². The largest absolute Gasteiger partial charge is 0.450 e. The summed E-state index contributed by atoms with van der Waals surface area (Å²) in [6.07, 6.45) is -3.58. The molecule has 38 heavy (non-hydrogen) atoms. The predicted octanol–water partition coefficient (Wildman–Crippen LogP) is 2.68. The van der Waals surface area contributed by atoms with Crippen LogP contribution in [0.4, 0.5) is 35.5 Å². The minimum atomic E-state index is -4.66. The molecular weight excluding hydrogens is 509 g/mol. The summed E-state index contributed by atoms with van der Waals surface area (Å²) in [5.74, 6) is 0.371. The number of carbonyl (C=O) groups excluding carboxylic acids is 2. The number of rotatable bonds is 8. The minimum absolute atomic E-state index is 0.0324. The van der Waals surface area contributed by atoms with Crippen LogP contribution < -0.4 is 21.1 Å². The molecule has 1 saturated carbocycles. The number of nitrogens with one attached hydrogen (secondary N) is 2. The predicted molar refractivity (Wildman–Crippen MR) is 129 cm³/mol. The van der Waals surface area contributed by atoms with Crippen molar-refractivity contribution < 1.29 is 32.2 Å². The van der Waals surface area contributed by atoms with E-state index in [2.05, 4.69) is 20.6 Å². The van der Waals surface area contributed by atoms with E-state index < -0.39 is 42.6 Å². The highest BCUT2D eigenvalue weighted by Crippen LogP contribution is 2.48. The number of amides is 1. The maximum Gasteiger partial charge on any atom is 0.412 e. The third-order valence-electron chi connectivity index (χ3n) is 6.99. The van der Waals surface area contributed by atoms with Crippen LogP contribution in [0, 0.1) is 11.8 Å². The molecule has 2 fully saturated rings. The Bertz CT molecular complexity index is 1270. The molecule has 0 bridgehead atoms. The summed E-state index contributed by atoms with van der Waals surface area (Å²) in [6.45, 7) is 2.01. The van der Waals surface area contributed by atoms with Gasteiger partial charge in [-0.15, -0.1) is 0 Å². The molecule has 0 aromatic carbocycles. The molecule has 3 aliphatic rings. The molecule has 0 spiro atoms. The molecule has 2 aliphatic heterocycles. The molecule has 1 aliphatic carbocycles. The maximum atomic E-state index is 14.0. The average Bonchev–Trinajstić information content (AvgIpc) is 3.54. The number of nitrogens with zero attached hydrogens (tertiary/aromatic N) is 4. The molecule has 5 rings (SSSR count). The number of hydrogen-bond donors (Lipinski definition) is 2. The molecular formula is C24H27F3N6O5. The van der Waals surface area contributed by atoms with Crippen molar-refractivity contribution in [1.29, 1.82) is 0 Å². The van der Waals surface area contributed by atoms with E-state index in [1.54, 1.807) is 6.92 Å². The van der Waals surface area contributed by atoms with Crippen LogP contribution in [0.2, 0.25) is 0 Å². The van der Waals surface area contributed by atoms with Crippen LogP contribution in [-0.4, -0.2) is 71.0 Å². The first kappa shape index (κ1) is 25.9. The van der Waals surface area contributed by atoms with Gasteiger partial charge in [0.15, 0.2) is 5.78 Å². The van der Waals surface area contributed by atoms with Gasteiger partial charge in [-0.3, -0.25) is 19.5 Å². The van der Waals surface area contributed by atoms with Crippen LogP contribution >= 0.6 is 0 Å². The van der Waals surface area contributed by atoms with Gasteiger partial charge in [0, 0.05) is 30.9 Å². The Morgan fingerprint density at radius 1 is 1.26 bits per heavy atom. The van der Waals surface area contributed by atoms with Crippen molar-refractivity contribution in [2.45, 2.75) is 44.6 Å². The molecule has 2 aromatic rings. The quantitative estimate of drug-likeness (QED) is 0.490. The summed E-state index contributed by atoms with van der Waals surface area (Å²) < 4.78 is 53.6. The first-order valence-corrected chi connectivity index (χ1v) is 12.4. The lowest BCUT2D eigenvalue weighted by Gasteiger charge is -2.38. The smallest absolute Gasteiger partial charge is 0.412 e. The highest BCUT2D eigenvalue weighted by molar-refractivity contribution is 5.99. The van der Waals surface area contributed by atoms with Gasteiger partial charge in [0.05, 0.1) is 25.9 Å². The standard InChI is InChI=1S/C24H27F3N6O5/c1-2-37-23(36)31-19-4-3-13(9-28-19)16(34)11-33-18(24(25,26)27)5-6-32-21(35)8-20(30-22(32)33)29-10-17-15-7-14(15)12-38-17/h3-4,8-9,14-15,17-18,29H,2,5-7,10-12H2,1H3,(H,28,31,36)/t14?,15?,17-,18+/m1/s1. The van der Waals surface area contributed by atoms with Crippen LogP contribution in [0.1, 0.15) is 30.1 Å². The second-order valence-electron chi connectivity index (χ2n) is 9.52. The molecule has 1 amide bonds. The van der Waals surface area contributed by atoms with Crippen molar-refractivity contribution in [2.24, 2.45) is 11.8 Å². The highest BCUT2D eigenvalue weighted by atomic mass is 19.4. The maximum absolute atomic E-state index is 14.0. The molecule has 4 atom stereocenters. The second-order valence-corrected chi connectivity index (χ2v) is 9.52. The normalized spacial score (nSPS) is 23.8. The second kappa shape index (κ2) is 10.2. The Balaban J connectivity index is 1.36. The summed E-state index contributed by atoms with van der Waals surface area (Å²) in [5, 5.41) is 5.40. The van der Waals surface area contributed by atoms with E-state index in [0.717, 1.165) is 22.1 Å². The summed E-state index contributed by atoms with van der Waals surface area (Å²) in [5.41, 5.74) is -0.477. The zero-order chi connectivity index (χ0) is 27.0. The lowest BCUT2D eigenvalue weighted by molar-refractivity contribution is -0.152. The molecule has 2 unspecified atom stereocenters. The number of fused-ring (bicyclic) bond motifs is 2. The third-order valence-corrected chi connectivity index (χ3v) is 6.99. The van der Waals surface area contributed by atoms with Crippen molar-refractivity contribution >= 4 is 29.5 Å². The van der Waals surface area contributed by atoms with Gasteiger partial charge in [0.2, 0.25) is 5.95 Å². The minimum Gasteiger partial charge on any atom is -0.450 e. The number of aromatic nitrogens is 3. The van der Waals surface area contributed by atoms with Gasteiger partial charge in [-0.2, -0.15) is 18.2 Å². The van der Waals surface area contributed by atoms with Gasteiger partial charge < -0.3 is 19.7 Å². The lowest BCUT2D eigenvalue weighted by atomic mass is 10.1. The van der Waals surface area contributed by atoms with Crippen molar-refractivity contribution in [3.8, 4) is 0 Å². The average molecular weight is 537 g/mol. The topological polar surface area (TPSA) is 128 Å². The first-order chi connectivity index (χ1) is 18.1. The first-order valence-electron chi connectivity index (χ1n) is 12.4. The molecule has 14 heteroatoms. The molecule has 2 N–H and O–H groups in total. The molecule has 1 saturated heterocycles. The highest BCUT2D eigenvalue weighted by Gasteiger charge is 2.49. The van der Waals surface area contributed by atoms with Crippen LogP contribution in [0.25, 0.3) is 0 Å². The van der Waals surface area contributed by atoms with E-state index in [1.165, 1.54) is 18.2 Å². The number of hydrogen-bond acceptors (Lipinski definition) is 9. The van der Waals surface area contributed by atoms with E-state index in [9.17, 15) is 27.6 Å². The summed E-state index contributed by atoms with van der Waals surface area (Å²) >= 11 is 0. The monoisotopic (exact) mass is 536 g/mol. The van der Waals surface area contributed by atoms with Crippen molar-refractivity contribution in [3.05, 3.63) is 40.3 Å². The number of Topliss-reactive ketones (excluding diaryl/α,β-unsaturated/α-hetero) is 1. The fourth-order valence-corrected chi connectivity index (χ4v) is 4.94. The van der Waals surface area contributed by atoms with Crippen molar-refractivity contribution in [1.82, 2.24) is 14.5 Å². The van der Waals surface area contributed by atoms with E-state index >= 15 is 0 Å². The zero-order valence-electron chi connectivity index (χ0n) is 20.5. The van der Waals surface area contributed by atoms with Crippen LogP contribution in [0.3, 0.4) is 0 Å². The third kappa shape index (κ3) is 5.44. The van der Waals surface area contributed by atoms with E-state index in [4.69, 9.17) is 9.47 Å². The number of halogens is 3. The number of pyridine rings is 1. The number of alkyl halides is 3. The van der Waals surface area contributed by atoms with Crippen molar-refractivity contribution in [3.63, 3.8) is 0 Å². The Kier molecular flexibility index (Phi) is 6.99. The van der Waals surface area contributed by atoms with Gasteiger partial charge in [0.25, 0.3) is 5.56 Å². The SMILES string of the molecule is CCOC(=O)Nc1ccc(C(=O)CN2c3nc(NC[C@H]4OCC5CC54)cc(=O)n3CC[C@H]2C(F)(F)F)cn1. The Labute approximate surface area is 215 Å². The number of ether oxygens (including phenoxy) is 2. The molecule has 204 valence electrons. The van der Waals surface area contributed by atoms with E-state index in [-0.39, 0.29) is 42.4 Å². The van der Waals surface area contributed by atoms with Crippen molar-refractivity contribution in [2.75, 3.05) is 41.8 Å². The summed E-state index contributed by atoms with van der Waals surface area (Å²) in [7, 11) is 0. The summed E-state index contributed by atoms with van der Waals surface area (Å²) in [6, 6.07) is 1.93. The molecule has 2 aromatic heterocycles. The number of anilines is 3. The van der Waals surface area contributed by atoms with Crippen LogP contribution in [0.5, 0.6) is 0 Å². The Morgan fingerprint density at radius 3 is 2.71 bits per heavy atom. The molecule has 0 radical (unpaired) electrons. The Hall–Kier alpha value is -3.68. The van der Waals surface area contributed by atoms with Crippen LogP contribution in [0.15, 0.2) is 29.2 Å².